The van der Waals surface area contributed by atoms with Gasteiger partial charge in [0.15, 0.2) is 0 Å². The Bertz CT molecular complexity index is 154. The zero-order valence-electron chi connectivity index (χ0n) is 11.2. The molecule has 0 radical (unpaired) electrons. The monoisotopic (exact) mass is 302 g/mol. The lowest BCUT2D eigenvalue weighted by Crippen LogP contribution is -2.17. The molecule has 0 saturated carbocycles. The van der Waals surface area contributed by atoms with E-state index in [4.69, 9.17) is 42.1 Å². The number of alkyl halides is 2. The Morgan fingerprint density at radius 2 is 1.00 bits per heavy atom. The lowest BCUT2D eigenvalue weighted by atomic mass is 10.5. The van der Waals surface area contributed by atoms with Crippen molar-refractivity contribution < 1.29 is 18.9 Å². The van der Waals surface area contributed by atoms with Crippen LogP contribution in [0.15, 0.2) is 0 Å². The van der Waals surface area contributed by atoms with E-state index in [0.29, 0.717) is 51.4 Å². The van der Waals surface area contributed by atoms with Crippen LogP contribution in [-0.4, -0.2) is 63.6 Å². The third-order valence-corrected chi connectivity index (χ3v) is 2.94. The topological polar surface area (TPSA) is 36.9 Å². The molecule has 0 saturated heterocycles. The second-order valence-electron chi connectivity index (χ2n) is 3.90. The van der Waals surface area contributed by atoms with Crippen LogP contribution in [0.5, 0.6) is 0 Å². The molecule has 0 bridgehead atoms. The average molecular weight is 303 g/mol. The van der Waals surface area contributed by atoms with Crippen LogP contribution in [0.4, 0.5) is 0 Å². The van der Waals surface area contributed by atoms with E-state index >= 15 is 0 Å². The number of ether oxygens (including phenoxy) is 4. The normalized spacial score (nSPS) is 14.7. The lowest BCUT2D eigenvalue weighted by Gasteiger charge is -2.11. The molecule has 2 atom stereocenters. The minimum absolute atomic E-state index is 0.0765. The fourth-order valence-electron chi connectivity index (χ4n) is 1.03. The number of halogens is 2. The zero-order valence-corrected chi connectivity index (χ0v) is 12.7. The second-order valence-corrected chi connectivity index (χ2v) is 4.51. The standard InChI is InChI=1S/C12H24Cl2O4/c1-11(9-13)17-7-5-15-3-4-16-6-8-18-12(2)10-14/h11-12H,3-10H2,1-2H3. The maximum Gasteiger partial charge on any atom is 0.0704 e. The van der Waals surface area contributed by atoms with E-state index in [-0.39, 0.29) is 12.2 Å². The highest BCUT2D eigenvalue weighted by molar-refractivity contribution is 6.18. The minimum Gasteiger partial charge on any atom is -0.377 e. The average Bonchev–Trinajstić information content (AvgIpc) is 2.40. The van der Waals surface area contributed by atoms with Gasteiger partial charge in [-0.1, -0.05) is 0 Å². The molecule has 0 rings (SSSR count). The van der Waals surface area contributed by atoms with Crippen molar-refractivity contribution in [2.24, 2.45) is 0 Å². The van der Waals surface area contributed by atoms with Crippen molar-refractivity contribution in [2.75, 3.05) is 51.4 Å². The van der Waals surface area contributed by atoms with E-state index in [9.17, 15) is 0 Å². The summed E-state index contributed by atoms with van der Waals surface area (Å²) in [5.41, 5.74) is 0. The molecule has 0 aromatic rings. The highest BCUT2D eigenvalue weighted by Gasteiger charge is 1.99. The summed E-state index contributed by atoms with van der Waals surface area (Å²) in [6, 6.07) is 0. The third-order valence-electron chi connectivity index (χ3n) is 2.07. The second kappa shape index (κ2) is 13.8. The molecular formula is C12H24Cl2O4. The Kier molecular flexibility index (Phi) is 14.2. The Hall–Kier alpha value is 0.420. The summed E-state index contributed by atoms with van der Waals surface area (Å²) in [5.74, 6) is 1.01. The first kappa shape index (κ1) is 18.4. The van der Waals surface area contributed by atoms with Crippen LogP contribution in [0.2, 0.25) is 0 Å². The largest absolute Gasteiger partial charge is 0.377 e. The van der Waals surface area contributed by atoms with E-state index < -0.39 is 0 Å². The van der Waals surface area contributed by atoms with Gasteiger partial charge in [0.2, 0.25) is 0 Å². The fraction of sp³-hybridized carbons (Fsp3) is 1.00. The van der Waals surface area contributed by atoms with Gasteiger partial charge in [-0.15, -0.1) is 23.2 Å². The quantitative estimate of drug-likeness (QED) is 0.386. The number of hydrogen-bond donors (Lipinski definition) is 0. The molecule has 0 aromatic heterocycles. The number of hydrogen-bond acceptors (Lipinski definition) is 4. The van der Waals surface area contributed by atoms with E-state index in [1.54, 1.807) is 0 Å². The van der Waals surface area contributed by atoms with Crippen LogP contribution in [0, 0.1) is 0 Å². The Labute approximate surface area is 120 Å². The van der Waals surface area contributed by atoms with E-state index in [2.05, 4.69) is 0 Å². The van der Waals surface area contributed by atoms with Gasteiger partial charge in [0.05, 0.1) is 51.8 Å². The molecule has 6 heteroatoms. The van der Waals surface area contributed by atoms with Gasteiger partial charge in [0.1, 0.15) is 0 Å². The van der Waals surface area contributed by atoms with Crippen molar-refractivity contribution in [3.63, 3.8) is 0 Å². The van der Waals surface area contributed by atoms with Crippen molar-refractivity contribution in [3.8, 4) is 0 Å². The third kappa shape index (κ3) is 12.9. The smallest absolute Gasteiger partial charge is 0.0704 e. The molecule has 0 heterocycles. The summed E-state index contributed by atoms with van der Waals surface area (Å²) in [6.45, 7) is 7.21. The first-order valence-corrected chi connectivity index (χ1v) is 7.28. The summed E-state index contributed by atoms with van der Waals surface area (Å²) in [4.78, 5) is 0. The minimum atomic E-state index is 0.0765. The maximum absolute atomic E-state index is 5.59. The molecule has 0 spiro atoms. The van der Waals surface area contributed by atoms with Crippen molar-refractivity contribution in [1.29, 1.82) is 0 Å². The SMILES string of the molecule is CC(CCl)OCCOCCOCCOC(C)CCl. The molecule has 4 nitrogen and oxygen atoms in total. The Morgan fingerprint density at radius 3 is 1.33 bits per heavy atom. The van der Waals surface area contributed by atoms with Gasteiger partial charge >= 0.3 is 0 Å². The van der Waals surface area contributed by atoms with Crippen LogP contribution in [0.3, 0.4) is 0 Å². The lowest BCUT2D eigenvalue weighted by molar-refractivity contribution is -0.0177. The predicted octanol–water partition coefficient (Wildman–Crippen LogP) is 2.31. The Balaban J connectivity index is 3.03. The molecule has 0 aliphatic carbocycles. The van der Waals surface area contributed by atoms with E-state index in [1.807, 2.05) is 13.8 Å². The van der Waals surface area contributed by atoms with Gasteiger partial charge in [-0.05, 0) is 13.8 Å². The van der Waals surface area contributed by atoms with Crippen molar-refractivity contribution in [1.82, 2.24) is 0 Å². The van der Waals surface area contributed by atoms with Gasteiger partial charge in [-0.25, -0.2) is 0 Å². The molecular weight excluding hydrogens is 279 g/mol. The molecule has 0 fully saturated rings. The molecule has 2 unspecified atom stereocenters. The zero-order chi connectivity index (χ0) is 13.6. The van der Waals surface area contributed by atoms with Gasteiger partial charge in [0.25, 0.3) is 0 Å². The Morgan fingerprint density at radius 1 is 0.667 bits per heavy atom. The van der Waals surface area contributed by atoms with Crippen molar-refractivity contribution in [3.05, 3.63) is 0 Å². The summed E-state index contributed by atoms with van der Waals surface area (Å²) >= 11 is 11.2. The molecule has 0 aliphatic heterocycles. The first-order valence-electron chi connectivity index (χ1n) is 6.21. The van der Waals surface area contributed by atoms with Crippen LogP contribution in [0.1, 0.15) is 13.8 Å². The molecule has 0 aromatic carbocycles. The molecule has 18 heavy (non-hydrogen) atoms. The van der Waals surface area contributed by atoms with Crippen molar-refractivity contribution in [2.45, 2.75) is 26.1 Å². The van der Waals surface area contributed by atoms with Crippen LogP contribution in [0.25, 0.3) is 0 Å². The number of rotatable bonds is 13. The van der Waals surface area contributed by atoms with Crippen LogP contribution in [-0.2, 0) is 18.9 Å². The maximum atomic E-state index is 5.59. The summed E-state index contributed by atoms with van der Waals surface area (Å²) < 4.78 is 21.3. The van der Waals surface area contributed by atoms with Gasteiger partial charge in [0, 0.05) is 11.8 Å². The summed E-state index contributed by atoms with van der Waals surface area (Å²) in [5, 5.41) is 0. The van der Waals surface area contributed by atoms with Crippen LogP contribution >= 0.6 is 23.2 Å². The summed E-state index contributed by atoms with van der Waals surface area (Å²) in [7, 11) is 0. The fourth-order valence-corrected chi connectivity index (χ4v) is 1.21. The van der Waals surface area contributed by atoms with Gasteiger partial charge in [-0.2, -0.15) is 0 Å². The van der Waals surface area contributed by atoms with Gasteiger partial charge < -0.3 is 18.9 Å². The molecule has 0 amide bonds. The highest BCUT2D eigenvalue weighted by Crippen LogP contribution is 1.94. The predicted molar refractivity (Wildman–Crippen MR) is 73.9 cm³/mol. The molecule has 110 valence electrons. The first-order chi connectivity index (χ1) is 8.70. The molecule has 0 N–H and O–H groups in total. The van der Waals surface area contributed by atoms with Crippen molar-refractivity contribution >= 4 is 23.2 Å². The molecule has 0 aliphatic rings. The van der Waals surface area contributed by atoms with Crippen LogP contribution < -0.4 is 0 Å². The van der Waals surface area contributed by atoms with E-state index in [1.165, 1.54) is 0 Å². The van der Waals surface area contributed by atoms with Gasteiger partial charge in [-0.3, -0.25) is 0 Å². The summed E-state index contributed by atoms with van der Waals surface area (Å²) in [6.07, 6.45) is 0.153. The van der Waals surface area contributed by atoms with E-state index in [0.717, 1.165) is 0 Å². The highest BCUT2D eigenvalue weighted by atomic mass is 35.5.